The fourth-order valence-corrected chi connectivity index (χ4v) is 7.11. The normalized spacial score (nSPS) is 15.1. The summed E-state index contributed by atoms with van der Waals surface area (Å²) in [4.78, 5) is 35.2. The Bertz CT molecular complexity index is 2050. The zero-order chi connectivity index (χ0) is 30.2. The molecule has 9 heteroatoms. The molecule has 3 heterocycles. The van der Waals surface area contributed by atoms with E-state index in [-0.39, 0.29) is 11.5 Å². The van der Waals surface area contributed by atoms with Crippen molar-refractivity contribution >= 4 is 61.8 Å². The number of carbonyl (C=O) groups is 1. The Morgan fingerprint density at radius 2 is 1.74 bits per heavy atom. The van der Waals surface area contributed by atoms with Crippen LogP contribution in [0.1, 0.15) is 43.5 Å². The molecule has 1 aliphatic rings. The Morgan fingerprint density at radius 1 is 1.05 bits per heavy atom. The zero-order valence-electron chi connectivity index (χ0n) is 24.1. The molecule has 0 fully saturated rings. The number of halogens is 2. The Balaban J connectivity index is 1.51. The first-order valence-electron chi connectivity index (χ1n) is 14.2. The van der Waals surface area contributed by atoms with Gasteiger partial charge < -0.3 is 9.47 Å². The van der Waals surface area contributed by atoms with Gasteiger partial charge in [0.15, 0.2) is 4.80 Å². The lowest BCUT2D eigenvalue weighted by Gasteiger charge is -2.29. The van der Waals surface area contributed by atoms with Crippen molar-refractivity contribution in [3.05, 3.63) is 136 Å². The maximum absolute atomic E-state index is 14.2. The van der Waals surface area contributed by atoms with Crippen LogP contribution in [0.25, 0.3) is 17.0 Å². The van der Waals surface area contributed by atoms with E-state index in [0.717, 1.165) is 26.5 Å². The second kappa shape index (κ2) is 12.1. The first kappa shape index (κ1) is 29.4. The minimum absolute atomic E-state index is 0.114. The predicted molar refractivity (Wildman–Crippen MR) is 178 cm³/mol. The summed E-state index contributed by atoms with van der Waals surface area (Å²) in [6.45, 7) is 7.60. The van der Waals surface area contributed by atoms with Crippen LogP contribution in [0.4, 0.5) is 0 Å². The Kier molecular flexibility index (Phi) is 8.27. The Labute approximate surface area is 267 Å². The fraction of sp³-hybridized carbons (Fsp3) is 0.206. The summed E-state index contributed by atoms with van der Waals surface area (Å²) in [5.41, 5.74) is 4.99. The van der Waals surface area contributed by atoms with E-state index in [4.69, 9.17) is 16.6 Å². The Hall–Kier alpha value is -3.72. The average Bonchev–Trinajstić information content (AvgIpc) is 3.50. The molecule has 218 valence electrons. The van der Waals surface area contributed by atoms with Crippen molar-refractivity contribution < 1.29 is 4.79 Å². The minimum atomic E-state index is -0.609. The highest BCUT2D eigenvalue weighted by Crippen LogP contribution is 2.32. The van der Waals surface area contributed by atoms with E-state index in [2.05, 4.69) is 51.0 Å². The smallest absolute Gasteiger partial charge is 0.271 e. The summed E-state index contributed by atoms with van der Waals surface area (Å²) in [5, 5.41) is 1.65. The molecule has 0 radical (unpaired) electrons. The van der Waals surface area contributed by atoms with E-state index in [1.807, 2.05) is 63.2 Å². The van der Waals surface area contributed by atoms with Gasteiger partial charge in [-0.15, -0.1) is 0 Å². The SMILES string of the molecule is CCN(CC)C(=O)C1=C(C)N=c2s/c(=C/c3cn(Cc4ccc(Br)cc4)c4ccccc34)c(=O)n2[C@@H]1c1ccc(Cl)cc1. The molecule has 1 amide bonds. The minimum Gasteiger partial charge on any atom is -0.342 e. The summed E-state index contributed by atoms with van der Waals surface area (Å²) < 4.78 is 5.49. The lowest BCUT2D eigenvalue weighted by Crippen LogP contribution is -2.43. The predicted octanol–water partition coefficient (Wildman–Crippen LogP) is 6.52. The molecule has 0 bridgehead atoms. The van der Waals surface area contributed by atoms with Gasteiger partial charge in [0.05, 0.1) is 21.8 Å². The summed E-state index contributed by atoms with van der Waals surface area (Å²) in [5.74, 6) is -0.114. The molecular weight excluding hydrogens is 644 g/mol. The number of hydrogen-bond donors (Lipinski definition) is 0. The maximum atomic E-state index is 14.2. The molecule has 1 atom stereocenters. The number of aromatic nitrogens is 2. The number of fused-ring (bicyclic) bond motifs is 2. The van der Waals surface area contributed by atoms with Gasteiger partial charge in [-0.25, -0.2) is 4.99 Å². The van der Waals surface area contributed by atoms with Crippen molar-refractivity contribution in [2.75, 3.05) is 13.1 Å². The number of benzene rings is 3. The highest BCUT2D eigenvalue weighted by Gasteiger charge is 2.34. The summed E-state index contributed by atoms with van der Waals surface area (Å²) in [7, 11) is 0. The number of para-hydroxylation sites is 1. The summed E-state index contributed by atoms with van der Waals surface area (Å²) >= 11 is 11.1. The van der Waals surface area contributed by atoms with E-state index in [1.165, 1.54) is 16.9 Å². The van der Waals surface area contributed by atoms with Crippen LogP contribution < -0.4 is 14.9 Å². The van der Waals surface area contributed by atoms with E-state index in [9.17, 15) is 9.59 Å². The highest BCUT2D eigenvalue weighted by atomic mass is 79.9. The number of likely N-dealkylation sites (N-methyl/N-ethyl adjacent to an activating group) is 1. The zero-order valence-corrected chi connectivity index (χ0v) is 27.2. The van der Waals surface area contributed by atoms with Crippen LogP contribution >= 0.6 is 38.9 Å². The average molecular weight is 674 g/mol. The van der Waals surface area contributed by atoms with Crippen molar-refractivity contribution in [2.24, 2.45) is 4.99 Å². The fourth-order valence-electron chi connectivity index (χ4n) is 5.69. The van der Waals surface area contributed by atoms with Gasteiger partial charge in [-0.05, 0) is 68.3 Å². The van der Waals surface area contributed by atoms with Crippen molar-refractivity contribution in [3.63, 3.8) is 0 Å². The van der Waals surface area contributed by atoms with Crippen molar-refractivity contribution in [1.82, 2.24) is 14.0 Å². The van der Waals surface area contributed by atoms with Crippen LogP contribution in [0.2, 0.25) is 5.02 Å². The molecule has 3 aromatic carbocycles. The van der Waals surface area contributed by atoms with E-state index in [1.54, 1.807) is 21.6 Å². The second-order valence-electron chi connectivity index (χ2n) is 10.5. The van der Waals surface area contributed by atoms with Crippen molar-refractivity contribution in [3.8, 4) is 0 Å². The third-order valence-electron chi connectivity index (χ3n) is 7.86. The molecule has 0 aliphatic carbocycles. The lowest BCUT2D eigenvalue weighted by atomic mass is 9.94. The standard InChI is InChI=1S/C34H30BrClN4O2S/c1-4-38(5-2)33(42)30-21(3)37-34-40(31(30)23-12-16-26(36)17-13-23)32(41)29(43-34)18-24-20-39(28-9-7-6-8-27(24)28)19-22-10-14-25(35)15-11-22/h6-18,20,31H,4-5,19H2,1-3H3/b29-18+/t31-/m1/s1. The molecule has 1 aliphatic heterocycles. The Morgan fingerprint density at radius 3 is 2.44 bits per heavy atom. The van der Waals surface area contributed by atoms with Crippen LogP contribution in [-0.2, 0) is 11.3 Å². The molecular formula is C34H30BrClN4O2S. The second-order valence-corrected chi connectivity index (χ2v) is 12.8. The van der Waals surface area contributed by atoms with Crippen molar-refractivity contribution in [1.29, 1.82) is 0 Å². The van der Waals surface area contributed by atoms with E-state index in [0.29, 0.717) is 45.3 Å². The number of hydrogen-bond acceptors (Lipinski definition) is 4. The largest absolute Gasteiger partial charge is 0.342 e. The number of nitrogens with zero attached hydrogens (tertiary/aromatic N) is 4. The first-order chi connectivity index (χ1) is 20.8. The quantitative estimate of drug-likeness (QED) is 0.198. The van der Waals surface area contributed by atoms with Gasteiger partial charge >= 0.3 is 0 Å². The van der Waals surface area contributed by atoms with Gasteiger partial charge in [0.2, 0.25) is 0 Å². The lowest BCUT2D eigenvalue weighted by molar-refractivity contribution is -0.127. The van der Waals surface area contributed by atoms with Gasteiger partial charge in [0, 0.05) is 51.8 Å². The number of amides is 1. The third-order valence-corrected chi connectivity index (χ3v) is 9.62. The molecule has 2 aromatic heterocycles. The molecule has 6 rings (SSSR count). The van der Waals surface area contributed by atoms with E-state index < -0.39 is 6.04 Å². The molecule has 0 spiro atoms. The van der Waals surface area contributed by atoms with Gasteiger partial charge in [-0.1, -0.05) is 81.3 Å². The molecule has 0 saturated heterocycles. The van der Waals surface area contributed by atoms with Crippen molar-refractivity contribution in [2.45, 2.75) is 33.4 Å². The molecule has 0 saturated carbocycles. The molecule has 0 unspecified atom stereocenters. The molecule has 5 aromatic rings. The van der Waals surface area contributed by atoms with Crippen LogP contribution in [0, 0.1) is 0 Å². The topological polar surface area (TPSA) is 59.6 Å². The monoisotopic (exact) mass is 672 g/mol. The van der Waals surface area contributed by atoms with Crippen LogP contribution in [0.3, 0.4) is 0 Å². The molecule has 6 nitrogen and oxygen atoms in total. The number of rotatable bonds is 7. The van der Waals surface area contributed by atoms with Crippen LogP contribution in [0.15, 0.2) is 105 Å². The van der Waals surface area contributed by atoms with E-state index >= 15 is 0 Å². The van der Waals surface area contributed by atoms with Gasteiger partial charge in [-0.3, -0.25) is 14.2 Å². The first-order valence-corrected chi connectivity index (χ1v) is 16.2. The highest BCUT2D eigenvalue weighted by molar-refractivity contribution is 9.10. The van der Waals surface area contributed by atoms with Gasteiger partial charge in [-0.2, -0.15) is 0 Å². The van der Waals surface area contributed by atoms with Gasteiger partial charge in [0.25, 0.3) is 11.5 Å². The number of allylic oxidation sites excluding steroid dienone is 1. The van der Waals surface area contributed by atoms with Crippen LogP contribution in [0.5, 0.6) is 0 Å². The molecule has 43 heavy (non-hydrogen) atoms. The van der Waals surface area contributed by atoms with Crippen LogP contribution in [-0.4, -0.2) is 33.0 Å². The summed E-state index contributed by atoms with van der Waals surface area (Å²) in [6, 6.07) is 23.3. The van der Waals surface area contributed by atoms with Gasteiger partial charge in [0.1, 0.15) is 0 Å². The molecule has 0 N–H and O–H groups in total. The third kappa shape index (κ3) is 5.55. The summed E-state index contributed by atoms with van der Waals surface area (Å²) in [6.07, 6.45) is 4.05. The maximum Gasteiger partial charge on any atom is 0.271 e. The number of thiazole rings is 1. The number of carbonyl (C=O) groups excluding carboxylic acids is 1.